The molecule has 0 aliphatic rings. The molecular formula is C12H17ClN2O2. The number of nitriles is 1. The first-order chi connectivity index (χ1) is 7.62. The van der Waals surface area contributed by atoms with Crippen LogP contribution in [0, 0.1) is 11.3 Å². The number of methoxy groups -OCH3 is 2. The van der Waals surface area contributed by atoms with Gasteiger partial charge in [-0.3, -0.25) is 0 Å². The maximum atomic E-state index is 8.93. The van der Waals surface area contributed by atoms with Crippen LogP contribution in [0.3, 0.4) is 0 Å². The van der Waals surface area contributed by atoms with E-state index >= 15 is 0 Å². The van der Waals surface area contributed by atoms with Crippen LogP contribution in [0.15, 0.2) is 12.1 Å². The lowest BCUT2D eigenvalue weighted by Crippen LogP contribution is -2.18. The second-order valence-electron chi connectivity index (χ2n) is 3.66. The Bertz CT molecular complexity index is 414. The highest BCUT2D eigenvalue weighted by atomic mass is 35.5. The Balaban J connectivity index is 0.00000256. The average Bonchev–Trinajstić information content (AvgIpc) is 2.27. The zero-order valence-electron chi connectivity index (χ0n) is 10.2. The molecule has 0 aromatic heterocycles. The molecule has 1 aromatic carbocycles. The number of nitrogens with two attached hydrogens (primary N) is 1. The normalized spacial score (nSPS) is 11.0. The second kappa shape index (κ2) is 7.00. The van der Waals surface area contributed by atoms with Crippen molar-refractivity contribution >= 4 is 12.4 Å². The smallest absolute Gasteiger partial charge is 0.137 e. The molecule has 0 bridgehead atoms. The minimum absolute atomic E-state index is 0. The standard InChI is InChI=1S/C12H16N2O2.ClH/c1-8(14)4-9-5-12(16-3)10(7-13)6-11(9)15-2;/h5-6,8H,4,14H2,1-3H3;1H. The fraction of sp³-hybridized carbons (Fsp3) is 0.417. The van der Waals surface area contributed by atoms with E-state index in [1.54, 1.807) is 19.2 Å². The molecule has 0 saturated carbocycles. The molecule has 4 nitrogen and oxygen atoms in total. The van der Waals surface area contributed by atoms with Crippen LogP contribution in [0.25, 0.3) is 0 Å². The van der Waals surface area contributed by atoms with Gasteiger partial charge in [-0.05, 0) is 25.0 Å². The van der Waals surface area contributed by atoms with Crippen molar-refractivity contribution in [2.24, 2.45) is 5.73 Å². The van der Waals surface area contributed by atoms with Crippen molar-refractivity contribution in [2.75, 3.05) is 14.2 Å². The maximum absolute atomic E-state index is 8.93. The summed E-state index contributed by atoms with van der Waals surface area (Å²) < 4.78 is 10.4. The fourth-order valence-electron chi connectivity index (χ4n) is 1.55. The summed E-state index contributed by atoms with van der Waals surface area (Å²) in [6.07, 6.45) is 0.686. The number of nitrogens with zero attached hydrogens (tertiary/aromatic N) is 1. The summed E-state index contributed by atoms with van der Waals surface area (Å²) >= 11 is 0. The third-order valence-corrected chi connectivity index (χ3v) is 2.26. The van der Waals surface area contributed by atoms with E-state index in [2.05, 4.69) is 6.07 Å². The van der Waals surface area contributed by atoms with Gasteiger partial charge >= 0.3 is 0 Å². The maximum Gasteiger partial charge on any atom is 0.137 e. The van der Waals surface area contributed by atoms with Crippen molar-refractivity contribution in [3.63, 3.8) is 0 Å². The van der Waals surface area contributed by atoms with Crippen molar-refractivity contribution in [1.29, 1.82) is 5.26 Å². The number of ether oxygens (including phenoxy) is 2. The first-order valence-electron chi connectivity index (χ1n) is 5.03. The summed E-state index contributed by atoms with van der Waals surface area (Å²) in [5.41, 5.74) is 7.17. The number of rotatable bonds is 4. The number of halogens is 1. The molecule has 0 amide bonds. The molecule has 0 aliphatic heterocycles. The van der Waals surface area contributed by atoms with Gasteiger partial charge in [0.15, 0.2) is 0 Å². The highest BCUT2D eigenvalue weighted by molar-refractivity contribution is 5.85. The molecule has 0 saturated heterocycles. The lowest BCUT2D eigenvalue weighted by Gasteiger charge is -2.13. The Labute approximate surface area is 108 Å². The van der Waals surface area contributed by atoms with Gasteiger partial charge in [0.25, 0.3) is 0 Å². The zero-order valence-corrected chi connectivity index (χ0v) is 11.0. The van der Waals surface area contributed by atoms with Crippen molar-refractivity contribution in [1.82, 2.24) is 0 Å². The number of hydrogen-bond donors (Lipinski definition) is 1. The highest BCUT2D eigenvalue weighted by Crippen LogP contribution is 2.29. The third-order valence-electron chi connectivity index (χ3n) is 2.26. The molecule has 0 heterocycles. The second-order valence-corrected chi connectivity index (χ2v) is 3.66. The van der Waals surface area contributed by atoms with E-state index < -0.39 is 0 Å². The predicted molar refractivity (Wildman–Crippen MR) is 68.9 cm³/mol. The molecule has 1 rings (SSSR count). The molecular weight excluding hydrogens is 240 g/mol. The predicted octanol–water partition coefficient (Wildman–Crippen LogP) is 1.89. The zero-order chi connectivity index (χ0) is 12.1. The molecule has 0 radical (unpaired) electrons. The van der Waals surface area contributed by atoms with Crippen LogP contribution in [-0.2, 0) is 6.42 Å². The third kappa shape index (κ3) is 3.81. The minimum Gasteiger partial charge on any atom is -0.496 e. The fourth-order valence-corrected chi connectivity index (χ4v) is 1.55. The first-order valence-corrected chi connectivity index (χ1v) is 5.03. The molecule has 0 spiro atoms. The summed E-state index contributed by atoms with van der Waals surface area (Å²) in [6, 6.07) is 5.58. The van der Waals surface area contributed by atoms with Crippen LogP contribution in [0.1, 0.15) is 18.1 Å². The quantitative estimate of drug-likeness (QED) is 0.893. The van der Waals surface area contributed by atoms with Gasteiger partial charge in [0, 0.05) is 12.1 Å². The number of hydrogen-bond acceptors (Lipinski definition) is 4. The first kappa shape index (κ1) is 15.6. The van der Waals surface area contributed by atoms with Crippen LogP contribution >= 0.6 is 12.4 Å². The van der Waals surface area contributed by atoms with Crippen LogP contribution in [0.2, 0.25) is 0 Å². The van der Waals surface area contributed by atoms with E-state index in [-0.39, 0.29) is 18.4 Å². The molecule has 17 heavy (non-hydrogen) atoms. The van der Waals surface area contributed by atoms with Crippen molar-refractivity contribution in [3.8, 4) is 17.6 Å². The van der Waals surface area contributed by atoms with Gasteiger partial charge in [-0.1, -0.05) is 0 Å². The lowest BCUT2D eigenvalue weighted by atomic mass is 10.0. The Morgan fingerprint density at radius 2 is 1.88 bits per heavy atom. The van der Waals surface area contributed by atoms with Gasteiger partial charge in [0.05, 0.1) is 19.8 Å². The summed E-state index contributed by atoms with van der Waals surface area (Å²) in [4.78, 5) is 0. The van der Waals surface area contributed by atoms with Gasteiger partial charge in [-0.2, -0.15) is 5.26 Å². The molecule has 5 heteroatoms. The molecule has 2 N–H and O–H groups in total. The van der Waals surface area contributed by atoms with Gasteiger partial charge < -0.3 is 15.2 Å². The Morgan fingerprint density at radius 1 is 1.29 bits per heavy atom. The SMILES string of the molecule is COc1cc(CC(C)N)c(OC)cc1C#N.Cl. The van der Waals surface area contributed by atoms with Gasteiger partial charge in [0.2, 0.25) is 0 Å². The minimum atomic E-state index is 0. The Hall–Kier alpha value is -1.44. The van der Waals surface area contributed by atoms with E-state index in [9.17, 15) is 0 Å². The molecule has 1 aromatic rings. The van der Waals surface area contributed by atoms with Crippen LogP contribution < -0.4 is 15.2 Å². The van der Waals surface area contributed by atoms with Gasteiger partial charge in [-0.15, -0.1) is 12.4 Å². The molecule has 1 unspecified atom stereocenters. The van der Waals surface area contributed by atoms with E-state index in [4.69, 9.17) is 20.5 Å². The summed E-state index contributed by atoms with van der Waals surface area (Å²) in [5, 5.41) is 8.93. The summed E-state index contributed by atoms with van der Waals surface area (Å²) in [5.74, 6) is 1.23. The van der Waals surface area contributed by atoms with Crippen molar-refractivity contribution < 1.29 is 9.47 Å². The van der Waals surface area contributed by atoms with Gasteiger partial charge in [-0.25, -0.2) is 0 Å². The molecule has 0 aliphatic carbocycles. The van der Waals surface area contributed by atoms with E-state index in [1.165, 1.54) is 7.11 Å². The molecule has 1 atom stereocenters. The molecule has 94 valence electrons. The highest BCUT2D eigenvalue weighted by Gasteiger charge is 2.11. The largest absolute Gasteiger partial charge is 0.496 e. The van der Waals surface area contributed by atoms with Crippen LogP contribution in [0.5, 0.6) is 11.5 Å². The van der Waals surface area contributed by atoms with Crippen molar-refractivity contribution in [3.05, 3.63) is 23.3 Å². The van der Waals surface area contributed by atoms with Crippen LogP contribution in [0.4, 0.5) is 0 Å². The number of benzene rings is 1. The summed E-state index contributed by atoms with van der Waals surface area (Å²) in [6.45, 7) is 1.92. The topological polar surface area (TPSA) is 68.3 Å². The van der Waals surface area contributed by atoms with E-state index in [0.717, 1.165) is 5.56 Å². The lowest BCUT2D eigenvalue weighted by molar-refractivity contribution is 0.396. The monoisotopic (exact) mass is 256 g/mol. The Kier molecular flexibility index (Phi) is 6.40. The molecule has 0 fully saturated rings. The van der Waals surface area contributed by atoms with E-state index in [1.807, 2.05) is 6.92 Å². The van der Waals surface area contributed by atoms with E-state index in [0.29, 0.717) is 23.5 Å². The van der Waals surface area contributed by atoms with Gasteiger partial charge in [0.1, 0.15) is 17.6 Å². The average molecular weight is 257 g/mol. The summed E-state index contributed by atoms with van der Waals surface area (Å²) in [7, 11) is 3.12. The van der Waals surface area contributed by atoms with Crippen LogP contribution in [-0.4, -0.2) is 20.3 Å². The van der Waals surface area contributed by atoms with Crippen molar-refractivity contribution in [2.45, 2.75) is 19.4 Å². The Morgan fingerprint density at radius 3 is 2.29 bits per heavy atom.